The number of aromatic nitrogens is 2. The summed E-state index contributed by atoms with van der Waals surface area (Å²) in [5, 5.41) is 0.0888. The molecule has 210 valence electrons. The molecule has 0 aromatic carbocycles. The molecule has 2 rings (SSSR count). The summed E-state index contributed by atoms with van der Waals surface area (Å²) < 4.78 is 13.1. The number of hydrogen-bond acceptors (Lipinski definition) is 8. The van der Waals surface area contributed by atoms with E-state index in [0.29, 0.717) is 25.6 Å². The van der Waals surface area contributed by atoms with E-state index in [-0.39, 0.29) is 34.1 Å². The third-order valence-corrected chi connectivity index (χ3v) is 11.5. The van der Waals surface area contributed by atoms with E-state index in [4.69, 9.17) is 23.5 Å². The molecule has 10 nitrogen and oxygen atoms in total. The topological polar surface area (TPSA) is 142 Å². The number of ether oxygens (including phenoxy) is 1. The second-order valence-corrected chi connectivity index (χ2v) is 14.1. The number of hydrogen-bond donors (Lipinski definition) is 1. The van der Waals surface area contributed by atoms with Crippen molar-refractivity contribution in [3.05, 3.63) is 56.9 Å². The number of nitrogens with one attached hydrogen (secondary N) is 1. The smallest absolute Gasteiger partial charge is 0.330 e. The fraction of sp³-hybridized carbons (Fsp3) is 0.538. The molecule has 0 fully saturated rings. The first-order valence-electron chi connectivity index (χ1n) is 11.5. The normalized spacial score (nSPS) is 16.5. The molecule has 0 saturated heterocycles. The van der Waals surface area contributed by atoms with E-state index in [9.17, 15) is 14.4 Å². The van der Waals surface area contributed by atoms with Crippen molar-refractivity contribution in [3.8, 4) is 0 Å². The molecule has 0 aliphatic heterocycles. The standard InChI is InChI=1S/C23H36N2O5Si.3CO.Fe/c1-8-29-21(27)10-9-17-13-19(25-12-11-20(26)24-22(25)28)14-18(17)15-30-31(6,7)23(4,5)16(2)3;3*1-2;/h9-13,16,18-19H,8,14-15H2,1-7H3,(H,24,26,28);;;;. The van der Waals surface area contributed by atoms with Crippen molar-refractivity contribution in [1.82, 2.24) is 9.55 Å². The first kappa shape index (κ1) is 39.8. The number of nitrogens with zero attached hydrogens (tertiary/aromatic N) is 1. The number of aromatic amines is 1. The molecule has 1 aromatic rings. The third-order valence-electron chi connectivity index (χ3n) is 6.93. The summed E-state index contributed by atoms with van der Waals surface area (Å²) in [7, 11) is -2.03. The van der Waals surface area contributed by atoms with Crippen LogP contribution in [0.15, 0.2) is 45.7 Å². The first-order chi connectivity index (χ1) is 17.4. The largest absolute Gasteiger partial charge is 0.463 e. The molecule has 1 aromatic heterocycles. The molecule has 0 spiro atoms. The Morgan fingerprint density at radius 2 is 1.74 bits per heavy atom. The average Bonchev–Trinajstić information content (AvgIpc) is 3.28. The Bertz CT molecular complexity index is 1010. The van der Waals surface area contributed by atoms with E-state index in [1.54, 1.807) is 13.0 Å². The molecule has 1 heterocycles. The van der Waals surface area contributed by atoms with Crippen molar-refractivity contribution in [1.29, 1.82) is 0 Å². The van der Waals surface area contributed by atoms with Crippen molar-refractivity contribution >= 4 is 34.7 Å². The van der Waals surface area contributed by atoms with Crippen molar-refractivity contribution in [2.75, 3.05) is 13.2 Å². The maximum Gasteiger partial charge on any atom is 0.330 e. The minimum absolute atomic E-state index is 0. The van der Waals surface area contributed by atoms with Crippen LogP contribution in [0.5, 0.6) is 0 Å². The van der Waals surface area contributed by atoms with Crippen LogP contribution in [0.3, 0.4) is 0 Å². The predicted molar refractivity (Wildman–Crippen MR) is 142 cm³/mol. The minimum Gasteiger partial charge on any atom is -0.463 e. The molecular weight excluding hydrogens is 552 g/mol. The molecule has 1 N–H and O–H groups in total. The van der Waals surface area contributed by atoms with E-state index in [2.05, 4.69) is 66.1 Å². The second kappa shape index (κ2) is 19.4. The Morgan fingerprint density at radius 3 is 2.21 bits per heavy atom. The Morgan fingerprint density at radius 1 is 1.18 bits per heavy atom. The molecule has 38 heavy (non-hydrogen) atoms. The third kappa shape index (κ3) is 11.4. The number of carbonyl (C=O) groups excluding carboxylic acids is 4. The molecular formula is C26H36FeN2O8Si. The van der Waals surface area contributed by atoms with Crippen LogP contribution in [0.1, 0.15) is 47.1 Å². The predicted octanol–water partition coefficient (Wildman–Crippen LogP) is 2.61. The maximum absolute atomic E-state index is 12.3. The number of carbonyl (C=O) groups is 1. The van der Waals surface area contributed by atoms with E-state index in [1.165, 1.54) is 22.9 Å². The van der Waals surface area contributed by atoms with Gasteiger partial charge in [-0.05, 0) is 43.0 Å². The number of esters is 1. The zero-order chi connectivity index (χ0) is 29.4. The van der Waals surface area contributed by atoms with Gasteiger partial charge >= 0.3 is 11.7 Å². The molecule has 6 radical (unpaired) electrons. The first-order valence-corrected chi connectivity index (χ1v) is 14.4. The van der Waals surface area contributed by atoms with E-state index >= 15 is 0 Å². The summed E-state index contributed by atoms with van der Waals surface area (Å²) in [6.45, 7) is 29.5. The molecule has 2 unspecified atom stereocenters. The van der Waals surface area contributed by atoms with Crippen molar-refractivity contribution < 1.29 is 45.4 Å². The van der Waals surface area contributed by atoms with Crippen molar-refractivity contribution in [2.45, 2.75) is 65.2 Å². The van der Waals surface area contributed by atoms with Crippen LogP contribution >= 0.6 is 0 Å². The SMILES string of the molecule is CCOC(=O)C=CC1=CC(n2ccc(=O)[nH]c2=O)CC1CO[Si](C)(C)C(C)(C)C(C)C.[C]=O.[C]=O.[C]=O.[Fe]. The second-order valence-electron chi connectivity index (χ2n) is 9.47. The van der Waals surface area contributed by atoms with Gasteiger partial charge in [-0.3, -0.25) is 28.7 Å². The molecule has 12 heteroatoms. The van der Waals surface area contributed by atoms with E-state index in [1.807, 2.05) is 6.08 Å². The van der Waals surface area contributed by atoms with Gasteiger partial charge < -0.3 is 9.16 Å². The van der Waals surface area contributed by atoms with Gasteiger partial charge in [0.05, 0.1) is 12.6 Å². The zero-order valence-corrected chi connectivity index (χ0v) is 24.9. The fourth-order valence-corrected chi connectivity index (χ4v) is 6.02. The Hall–Kier alpha value is -2.66. The molecule has 0 saturated carbocycles. The summed E-state index contributed by atoms with van der Waals surface area (Å²) >= 11 is 0. The van der Waals surface area contributed by atoms with Gasteiger partial charge in [0.15, 0.2) is 8.32 Å². The van der Waals surface area contributed by atoms with Gasteiger partial charge in [-0.1, -0.05) is 39.8 Å². The summed E-state index contributed by atoms with van der Waals surface area (Å²) in [5.41, 5.74) is 0.0669. The van der Waals surface area contributed by atoms with Crippen LogP contribution in [-0.4, -0.2) is 57.4 Å². The maximum atomic E-state index is 12.3. The fourth-order valence-electron chi connectivity index (χ4n) is 3.64. The average molecular weight is 589 g/mol. The number of allylic oxidation sites excluding steroid dienone is 2. The molecule has 2 atom stereocenters. The number of rotatable bonds is 9. The van der Waals surface area contributed by atoms with Crippen LogP contribution < -0.4 is 11.2 Å². The van der Waals surface area contributed by atoms with Crippen LogP contribution in [0, 0.1) is 11.8 Å². The van der Waals surface area contributed by atoms with E-state index < -0.39 is 25.5 Å². The van der Waals surface area contributed by atoms with Gasteiger partial charge in [0.25, 0.3) is 25.9 Å². The molecule has 1 aliphatic carbocycles. The monoisotopic (exact) mass is 588 g/mol. The molecule has 0 amide bonds. The van der Waals surface area contributed by atoms with Gasteiger partial charge in [0.2, 0.25) is 0 Å². The van der Waals surface area contributed by atoms with E-state index in [0.717, 1.165) is 5.57 Å². The molecule has 1 aliphatic rings. The summed E-state index contributed by atoms with van der Waals surface area (Å²) in [4.78, 5) is 60.3. The van der Waals surface area contributed by atoms with Crippen LogP contribution in [0.25, 0.3) is 0 Å². The Kier molecular flexibility index (Phi) is 20.4. The van der Waals surface area contributed by atoms with Crippen LogP contribution in [-0.2, 0) is 45.4 Å². The number of H-pyrrole nitrogens is 1. The van der Waals surface area contributed by atoms with Gasteiger partial charge in [-0.15, -0.1) is 0 Å². The van der Waals surface area contributed by atoms with Crippen LogP contribution in [0.4, 0.5) is 0 Å². The summed E-state index contributed by atoms with van der Waals surface area (Å²) in [6.07, 6.45) is 7.30. The van der Waals surface area contributed by atoms with Crippen molar-refractivity contribution in [2.24, 2.45) is 11.8 Å². The van der Waals surface area contributed by atoms with Gasteiger partial charge in [0.1, 0.15) is 0 Å². The Balaban J connectivity index is -0.00000163. The summed E-state index contributed by atoms with van der Waals surface area (Å²) in [6, 6.07) is 1.12. The van der Waals surface area contributed by atoms with Crippen LogP contribution in [0.2, 0.25) is 18.1 Å². The van der Waals surface area contributed by atoms with Gasteiger partial charge in [0, 0.05) is 47.9 Å². The van der Waals surface area contributed by atoms with Gasteiger partial charge in [-0.25, -0.2) is 9.59 Å². The zero-order valence-electron chi connectivity index (χ0n) is 22.8. The summed E-state index contributed by atoms with van der Waals surface area (Å²) in [5.74, 6) is 0.122. The van der Waals surface area contributed by atoms with Gasteiger partial charge in [-0.2, -0.15) is 0 Å². The minimum atomic E-state index is -2.03. The Labute approximate surface area is 236 Å². The molecule has 0 bridgehead atoms. The van der Waals surface area contributed by atoms with Crippen molar-refractivity contribution in [3.63, 3.8) is 0 Å². The quantitative estimate of drug-likeness (QED) is 0.264.